The average Bonchev–Trinajstić information content (AvgIpc) is 2.96. The van der Waals surface area contributed by atoms with Crippen molar-refractivity contribution in [3.8, 4) is 11.4 Å². The highest BCUT2D eigenvalue weighted by Crippen LogP contribution is 2.20. The summed E-state index contributed by atoms with van der Waals surface area (Å²) in [4.78, 5) is 11.7. The third kappa shape index (κ3) is 3.70. The maximum atomic E-state index is 13.1. The van der Waals surface area contributed by atoms with Crippen LogP contribution >= 0.6 is 11.8 Å². The Bertz CT molecular complexity index is 863. The molecule has 0 fully saturated rings. The molecular weight excluding hydrogens is 329 g/mol. The van der Waals surface area contributed by atoms with Gasteiger partial charge in [0.25, 0.3) is 0 Å². The Morgan fingerprint density at radius 3 is 2.67 bits per heavy atom. The first-order chi connectivity index (χ1) is 11.5. The molecule has 1 amide bonds. The standard InChI is InChI=1S/C16H16FN5OS/c1-10(2)18-14(23)9-24-15-8-7-13-19-20-16(22(13)21-15)11-3-5-12(17)6-4-11/h3-8,10H,9H2,1-2H3,(H,18,23). The minimum Gasteiger partial charge on any atom is -0.353 e. The Morgan fingerprint density at radius 2 is 1.96 bits per heavy atom. The van der Waals surface area contributed by atoms with Crippen LogP contribution in [0.4, 0.5) is 4.39 Å². The van der Waals surface area contributed by atoms with Crippen molar-refractivity contribution >= 4 is 23.3 Å². The molecule has 0 aliphatic rings. The summed E-state index contributed by atoms with van der Waals surface area (Å²) in [7, 11) is 0. The SMILES string of the molecule is CC(C)NC(=O)CSc1ccc2nnc(-c3ccc(F)cc3)n2n1. The smallest absolute Gasteiger partial charge is 0.230 e. The van der Waals surface area contributed by atoms with Gasteiger partial charge in [-0.3, -0.25) is 4.79 Å². The number of amides is 1. The summed E-state index contributed by atoms with van der Waals surface area (Å²) in [5.74, 6) is 0.455. The first kappa shape index (κ1) is 16.4. The van der Waals surface area contributed by atoms with Crippen LogP contribution < -0.4 is 5.32 Å². The highest BCUT2D eigenvalue weighted by atomic mass is 32.2. The van der Waals surface area contributed by atoms with E-state index < -0.39 is 0 Å². The number of rotatable bonds is 5. The minimum atomic E-state index is -0.312. The predicted molar refractivity (Wildman–Crippen MR) is 90.2 cm³/mol. The largest absolute Gasteiger partial charge is 0.353 e. The van der Waals surface area contributed by atoms with Gasteiger partial charge in [-0.1, -0.05) is 11.8 Å². The molecule has 0 radical (unpaired) electrons. The van der Waals surface area contributed by atoms with Crippen LogP contribution in [0.1, 0.15) is 13.8 Å². The molecule has 3 rings (SSSR count). The summed E-state index contributed by atoms with van der Waals surface area (Å²) in [6.07, 6.45) is 0. The Labute approximate surface area is 142 Å². The molecule has 0 spiro atoms. The van der Waals surface area contributed by atoms with Crippen molar-refractivity contribution in [1.82, 2.24) is 25.1 Å². The molecule has 0 atom stereocenters. The van der Waals surface area contributed by atoms with E-state index in [1.165, 1.54) is 23.9 Å². The Hall–Kier alpha value is -2.48. The van der Waals surface area contributed by atoms with Gasteiger partial charge in [0.05, 0.1) is 5.75 Å². The van der Waals surface area contributed by atoms with E-state index in [-0.39, 0.29) is 23.5 Å². The molecular formula is C16H16FN5OS. The molecule has 2 aromatic heterocycles. The second-order valence-corrected chi connectivity index (χ2v) is 6.48. The van der Waals surface area contributed by atoms with Gasteiger partial charge >= 0.3 is 0 Å². The van der Waals surface area contributed by atoms with Crippen LogP contribution in [0, 0.1) is 5.82 Å². The zero-order valence-corrected chi connectivity index (χ0v) is 14.0. The van der Waals surface area contributed by atoms with Crippen molar-refractivity contribution in [2.24, 2.45) is 0 Å². The van der Waals surface area contributed by atoms with Crippen LogP contribution in [0.5, 0.6) is 0 Å². The molecule has 124 valence electrons. The fourth-order valence-corrected chi connectivity index (χ4v) is 2.80. The van der Waals surface area contributed by atoms with Crippen molar-refractivity contribution in [2.45, 2.75) is 24.9 Å². The maximum absolute atomic E-state index is 13.1. The van der Waals surface area contributed by atoms with Crippen molar-refractivity contribution in [1.29, 1.82) is 0 Å². The van der Waals surface area contributed by atoms with E-state index in [4.69, 9.17) is 0 Å². The average molecular weight is 345 g/mol. The van der Waals surface area contributed by atoms with Crippen molar-refractivity contribution in [3.05, 3.63) is 42.2 Å². The van der Waals surface area contributed by atoms with Gasteiger partial charge in [0.1, 0.15) is 10.8 Å². The number of hydrogen-bond acceptors (Lipinski definition) is 5. The number of halogens is 1. The van der Waals surface area contributed by atoms with Gasteiger partial charge in [0, 0.05) is 11.6 Å². The number of hydrogen-bond donors (Lipinski definition) is 1. The van der Waals surface area contributed by atoms with Crippen LogP contribution in [-0.2, 0) is 4.79 Å². The molecule has 0 saturated heterocycles. The maximum Gasteiger partial charge on any atom is 0.230 e. The zero-order chi connectivity index (χ0) is 17.1. The van der Waals surface area contributed by atoms with Gasteiger partial charge in [-0.2, -0.15) is 9.61 Å². The third-order valence-corrected chi connectivity index (χ3v) is 4.06. The molecule has 1 N–H and O–H groups in total. The minimum absolute atomic E-state index is 0.0422. The van der Waals surface area contributed by atoms with E-state index in [0.717, 1.165) is 5.56 Å². The van der Waals surface area contributed by atoms with Crippen LogP contribution in [0.15, 0.2) is 41.4 Å². The lowest BCUT2D eigenvalue weighted by molar-refractivity contribution is -0.119. The zero-order valence-electron chi connectivity index (χ0n) is 13.2. The number of nitrogens with zero attached hydrogens (tertiary/aromatic N) is 4. The van der Waals surface area contributed by atoms with Gasteiger partial charge in [-0.05, 0) is 50.2 Å². The van der Waals surface area contributed by atoms with E-state index in [1.54, 1.807) is 28.8 Å². The molecule has 2 heterocycles. The van der Waals surface area contributed by atoms with Crippen LogP contribution in [0.25, 0.3) is 17.0 Å². The lowest BCUT2D eigenvalue weighted by atomic mass is 10.2. The highest BCUT2D eigenvalue weighted by molar-refractivity contribution is 7.99. The summed E-state index contributed by atoms with van der Waals surface area (Å²) in [5.41, 5.74) is 1.31. The van der Waals surface area contributed by atoms with Crippen LogP contribution in [0.3, 0.4) is 0 Å². The van der Waals surface area contributed by atoms with Crippen molar-refractivity contribution in [2.75, 3.05) is 5.75 Å². The monoisotopic (exact) mass is 345 g/mol. The van der Waals surface area contributed by atoms with E-state index in [9.17, 15) is 9.18 Å². The molecule has 8 heteroatoms. The number of nitrogens with one attached hydrogen (secondary N) is 1. The highest BCUT2D eigenvalue weighted by Gasteiger charge is 2.11. The molecule has 0 bridgehead atoms. The van der Waals surface area contributed by atoms with Gasteiger partial charge in [0.15, 0.2) is 11.5 Å². The summed E-state index contributed by atoms with van der Waals surface area (Å²) in [6, 6.07) is 9.68. The lowest BCUT2D eigenvalue weighted by Crippen LogP contribution is -2.31. The van der Waals surface area contributed by atoms with Gasteiger partial charge in [-0.25, -0.2) is 4.39 Å². The summed E-state index contributed by atoms with van der Waals surface area (Å²) >= 11 is 1.34. The normalized spacial score (nSPS) is 11.2. The fraction of sp³-hybridized carbons (Fsp3) is 0.250. The summed E-state index contributed by atoms with van der Waals surface area (Å²) < 4.78 is 14.7. The second-order valence-electron chi connectivity index (χ2n) is 5.48. The summed E-state index contributed by atoms with van der Waals surface area (Å²) in [6.45, 7) is 3.83. The molecule has 0 saturated carbocycles. The molecule has 1 aromatic carbocycles. The van der Waals surface area contributed by atoms with Crippen molar-refractivity contribution in [3.63, 3.8) is 0 Å². The topological polar surface area (TPSA) is 72.2 Å². The number of fused-ring (bicyclic) bond motifs is 1. The van der Waals surface area contributed by atoms with Gasteiger partial charge in [-0.15, -0.1) is 10.2 Å². The molecule has 0 unspecified atom stereocenters. The Kier molecular flexibility index (Phi) is 4.75. The number of carbonyl (C=O) groups excluding carboxylic acids is 1. The third-order valence-electron chi connectivity index (χ3n) is 3.14. The van der Waals surface area contributed by atoms with Gasteiger partial charge < -0.3 is 5.32 Å². The van der Waals surface area contributed by atoms with E-state index in [2.05, 4.69) is 20.6 Å². The fourth-order valence-electron chi connectivity index (χ4n) is 2.13. The number of benzene rings is 1. The van der Waals surface area contributed by atoms with E-state index in [1.807, 2.05) is 13.8 Å². The van der Waals surface area contributed by atoms with Crippen LogP contribution in [0.2, 0.25) is 0 Å². The molecule has 3 aromatic rings. The van der Waals surface area contributed by atoms with Crippen molar-refractivity contribution < 1.29 is 9.18 Å². The molecule has 6 nitrogen and oxygen atoms in total. The van der Waals surface area contributed by atoms with E-state index in [0.29, 0.717) is 16.5 Å². The number of carbonyl (C=O) groups is 1. The Morgan fingerprint density at radius 1 is 1.21 bits per heavy atom. The second kappa shape index (κ2) is 6.96. The molecule has 0 aliphatic heterocycles. The van der Waals surface area contributed by atoms with Gasteiger partial charge in [0.2, 0.25) is 5.91 Å². The first-order valence-corrected chi connectivity index (χ1v) is 8.42. The molecule has 0 aliphatic carbocycles. The first-order valence-electron chi connectivity index (χ1n) is 7.43. The number of aromatic nitrogens is 4. The summed E-state index contributed by atoms with van der Waals surface area (Å²) in [5, 5.41) is 16.2. The van der Waals surface area contributed by atoms with E-state index >= 15 is 0 Å². The molecule has 24 heavy (non-hydrogen) atoms. The van der Waals surface area contributed by atoms with Crippen LogP contribution in [-0.4, -0.2) is 37.5 Å². The Balaban J connectivity index is 1.83. The quantitative estimate of drug-likeness (QED) is 0.720. The predicted octanol–water partition coefficient (Wildman–Crippen LogP) is 2.55. The lowest BCUT2D eigenvalue weighted by Gasteiger charge is -2.07. The number of thioether (sulfide) groups is 1.